The van der Waals surface area contributed by atoms with Crippen molar-refractivity contribution in [3.8, 4) is 0 Å². The molecule has 3 aliphatic rings. The summed E-state index contributed by atoms with van der Waals surface area (Å²) in [6.45, 7) is 3.89. The quantitative estimate of drug-likeness (QED) is 0.881. The van der Waals surface area contributed by atoms with Gasteiger partial charge in [0, 0.05) is 25.8 Å². The number of benzene rings is 1. The van der Waals surface area contributed by atoms with Gasteiger partial charge in [-0.25, -0.2) is 4.79 Å². The Bertz CT molecular complexity index is 930. The monoisotopic (exact) mass is 307 g/mol. The fourth-order valence-corrected chi connectivity index (χ4v) is 4.13. The molecule has 4 unspecified atom stereocenters. The van der Waals surface area contributed by atoms with Gasteiger partial charge in [-0.05, 0) is 35.5 Å². The number of hydrogen-bond donors (Lipinski definition) is 1. The molecule has 0 amide bonds. The highest BCUT2D eigenvalue weighted by Gasteiger charge is 2.45. The second kappa shape index (κ2) is 4.57. The summed E-state index contributed by atoms with van der Waals surface area (Å²) in [7, 11) is 0. The standard InChI is InChI=1S/C19H19N3O.H2/c1-11-14-7-6-12(8-16(11)14)13-9-20-18-15-4-2-3-5-17(15)21-19(23)22(18)10-13;/h2-8,11,13-14,16,20H,9-10H2,1H3;1H. The van der Waals surface area contributed by atoms with Crippen LogP contribution >= 0.6 is 0 Å². The first-order chi connectivity index (χ1) is 11.2. The van der Waals surface area contributed by atoms with Gasteiger partial charge in [-0.2, -0.15) is 4.98 Å². The Morgan fingerprint density at radius 1 is 1.30 bits per heavy atom. The van der Waals surface area contributed by atoms with Gasteiger partial charge in [0.2, 0.25) is 0 Å². The van der Waals surface area contributed by atoms with Crippen molar-refractivity contribution in [3.63, 3.8) is 0 Å². The maximum atomic E-state index is 12.4. The molecule has 1 N–H and O–H groups in total. The SMILES string of the molecule is CC1C2C=CC(C3CNc4c5ccccc5nc(=O)n4C3)=CC12.[HH]. The molecule has 2 heterocycles. The molecule has 2 aromatic rings. The van der Waals surface area contributed by atoms with Crippen molar-refractivity contribution in [2.24, 2.45) is 23.7 Å². The summed E-state index contributed by atoms with van der Waals surface area (Å²) < 4.78 is 1.80. The number of nitrogens with zero attached hydrogens (tertiary/aromatic N) is 2. The molecule has 5 rings (SSSR count). The van der Waals surface area contributed by atoms with Crippen molar-refractivity contribution in [1.82, 2.24) is 9.55 Å². The maximum absolute atomic E-state index is 12.4. The van der Waals surface area contributed by atoms with Crippen LogP contribution in [0.5, 0.6) is 0 Å². The van der Waals surface area contributed by atoms with Crippen LogP contribution in [-0.2, 0) is 6.54 Å². The largest absolute Gasteiger partial charge is 0.370 e. The van der Waals surface area contributed by atoms with E-state index >= 15 is 0 Å². The summed E-state index contributed by atoms with van der Waals surface area (Å²) in [5.41, 5.74) is 1.98. The highest BCUT2D eigenvalue weighted by atomic mass is 16.1. The van der Waals surface area contributed by atoms with Crippen LogP contribution in [0.2, 0.25) is 0 Å². The van der Waals surface area contributed by atoms with Gasteiger partial charge in [-0.15, -0.1) is 0 Å². The third-order valence-electron chi connectivity index (χ3n) is 5.68. The van der Waals surface area contributed by atoms with E-state index in [1.54, 1.807) is 4.57 Å². The second-order valence-electron chi connectivity index (χ2n) is 6.99. The van der Waals surface area contributed by atoms with E-state index in [4.69, 9.17) is 0 Å². The molecule has 1 aromatic carbocycles. The van der Waals surface area contributed by atoms with E-state index in [9.17, 15) is 4.79 Å². The fraction of sp³-hybridized carbons (Fsp3) is 0.368. The maximum Gasteiger partial charge on any atom is 0.349 e. The van der Waals surface area contributed by atoms with E-state index in [0.717, 1.165) is 35.1 Å². The Kier molecular flexibility index (Phi) is 2.61. The molecule has 1 aliphatic heterocycles. The minimum atomic E-state index is -0.158. The lowest BCUT2D eigenvalue weighted by Crippen LogP contribution is -2.37. The van der Waals surface area contributed by atoms with Gasteiger partial charge in [0.05, 0.1) is 5.52 Å². The number of anilines is 1. The first kappa shape index (κ1) is 13.1. The molecule has 1 aromatic heterocycles. The van der Waals surface area contributed by atoms with Gasteiger partial charge in [-0.1, -0.05) is 37.3 Å². The van der Waals surface area contributed by atoms with Crippen LogP contribution < -0.4 is 11.0 Å². The second-order valence-corrected chi connectivity index (χ2v) is 6.99. The Morgan fingerprint density at radius 2 is 2.17 bits per heavy atom. The summed E-state index contributed by atoms with van der Waals surface area (Å²) >= 11 is 0. The zero-order valence-electron chi connectivity index (χ0n) is 13.1. The van der Waals surface area contributed by atoms with Gasteiger partial charge in [0.15, 0.2) is 0 Å². The third-order valence-corrected chi connectivity index (χ3v) is 5.68. The Hall–Kier alpha value is -2.36. The first-order valence-corrected chi connectivity index (χ1v) is 8.36. The first-order valence-electron chi connectivity index (χ1n) is 8.36. The third kappa shape index (κ3) is 1.90. The average Bonchev–Trinajstić information content (AvgIpc) is 3.24. The lowest BCUT2D eigenvalue weighted by atomic mass is 9.92. The molecule has 0 bridgehead atoms. The molecule has 118 valence electrons. The van der Waals surface area contributed by atoms with E-state index < -0.39 is 0 Å². The number of allylic oxidation sites excluding steroid dienone is 3. The van der Waals surface area contributed by atoms with Crippen LogP contribution in [0.15, 0.2) is 52.9 Å². The van der Waals surface area contributed by atoms with Crippen molar-refractivity contribution >= 4 is 16.7 Å². The highest BCUT2D eigenvalue weighted by molar-refractivity contribution is 5.89. The topological polar surface area (TPSA) is 46.9 Å². The van der Waals surface area contributed by atoms with Crippen LogP contribution in [0, 0.1) is 23.7 Å². The molecule has 23 heavy (non-hydrogen) atoms. The van der Waals surface area contributed by atoms with Crippen LogP contribution in [0.4, 0.5) is 5.82 Å². The van der Waals surface area contributed by atoms with Crippen molar-refractivity contribution in [2.75, 3.05) is 11.9 Å². The van der Waals surface area contributed by atoms with E-state index in [2.05, 4.69) is 35.5 Å². The Labute approximate surface area is 136 Å². The molecular weight excluding hydrogens is 286 g/mol. The van der Waals surface area contributed by atoms with Crippen LogP contribution in [-0.4, -0.2) is 16.1 Å². The Balaban J connectivity index is 0.00000146. The summed E-state index contributed by atoms with van der Waals surface area (Å²) in [4.78, 5) is 16.6. The molecule has 1 fully saturated rings. The lowest BCUT2D eigenvalue weighted by molar-refractivity contribution is 0.488. The van der Waals surface area contributed by atoms with Crippen molar-refractivity contribution in [3.05, 3.63) is 58.6 Å². The van der Waals surface area contributed by atoms with Crippen molar-refractivity contribution in [1.29, 1.82) is 0 Å². The van der Waals surface area contributed by atoms with Gasteiger partial charge in [0.25, 0.3) is 0 Å². The normalized spacial score (nSPS) is 31.1. The molecule has 2 aliphatic carbocycles. The minimum Gasteiger partial charge on any atom is -0.370 e. The zero-order valence-corrected chi connectivity index (χ0v) is 13.1. The zero-order chi connectivity index (χ0) is 15.6. The van der Waals surface area contributed by atoms with Gasteiger partial charge >= 0.3 is 5.69 Å². The summed E-state index contributed by atoms with van der Waals surface area (Å²) in [5, 5.41) is 4.50. The molecule has 4 atom stereocenters. The van der Waals surface area contributed by atoms with Crippen LogP contribution in [0.3, 0.4) is 0 Å². The van der Waals surface area contributed by atoms with Crippen molar-refractivity contribution in [2.45, 2.75) is 13.5 Å². The van der Waals surface area contributed by atoms with E-state index in [-0.39, 0.29) is 7.12 Å². The molecule has 0 radical (unpaired) electrons. The molecule has 0 saturated heterocycles. The average molecular weight is 307 g/mol. The van der Waals surface area contributed by atoms with Gasteiger partial charge in [-0.3, -0.25) is 4.57 Å². The van der Waals surface area contributed by atoms with Crippen LogP contribution in [0.1, 0.15) is 8.35 Å². The number of para-hydroxylation sites is 1. The number of rotatable bonds is 1. The van der Waals surface area contributed by atoms with Gasteiger partial charge < -0.3 is 5.32 Å². The van der Waals surface area contributed by atoms with Crippen molar-refractivity contribution < 1.29 is 1.43 Å². The molecule has 4 heteroatoms. The van der Waals surface area contributed by atoms with Crippen LogP contribution in [0.25, 0.3) is 10.9 Å². The summed E-state index contributed by atoms with van der Waals surface area (Å²) in [6, 6.07) is 7.83. The van der Waals surface area contributed by atoms with Gasteiger partial charge in [0.1, 0.15) is 5.82 Å². The summed E-state index contributed by atoms with van der Waals surface area (Å²) in [5.74, 6) is 3.49. The predicted molar refractivity (Wildman–Crippen MR) is 93.5 cm³/mol. The molecule has 4 nitrogen and oxygen atoms in total. The van der Waals surface area contributed by atoms with E-state index in [1.807, 2.05) is 24.3 Å². The molecular formula is C19H21N3O. The highest BCUT2D eigenvalue weighted by Crippen LogP contribution is 2.51. The number of hydrogen-bond acceptors (Lipinski definition) is 3. The predicted octanol–water partition coefficient (Wildman–Crippen LogP) is 3.06. The number of nitrogens with one attached hydrogen (secondary N) is 1. The Morgan fingerprint density at radius 3 is 3.04 bits per heavy atom. The summed E-state index contributed by atoms with van der Waals surface area (Å²) in [6.07, 6.45) is 7.04. The fourth-order valence-electron chi connectivity index (χ4n) is 4.13. The number of aromatic nitrogens is 2. The smallest absolute Gasteiger partial charge is 0.349 e. The number of fused-ring (bicyclic) bond motifs is 4. The molecule has 1 saturated carbocycles. The lowest BCUT2D eigenvalue weighted by Gasteiger charge is -2.29. The van der Waals surface area contributed by atoms with E-state index in [1.165, 1.54) is 5.57 Å². The minimum absolute atomic E-state index is 0. The molecule has 0 spiro atoms. The van der Waals surface area contributed by atoms with E-state index in [0.29, 0.717) is 18.4 Å².